The highest BCUT2D eigenvalue weighted by Crippen LogP contribution is 2.35. The minimum atomic E-state index is -0.566. The van der Waals surface area contributed by atoms with E-state index < -0.39 is 16.9 Å². The number of nitro groups is 1. The van der Waals surface area contributed by atoms with Crippen LogP contribution in [0.2, 0.25) is 0 Å². The van der Waals surface area contributed by atoms with E-state index in [2.05, 4.69) is 15.4 Å². The summed E-state index contributed by atoms with van der Waals surface area (Å²) in [5.41, 5.74) is 1.65. The summed E-state index contributed by atoms with van der Waals surface area (Å²) >= 11 is 0. The molecule has 3 rings (SSSR count). The van der Waals surface area contributed by atoms with Gasteiger partial charge in [0.25, 0.3) is 5.69 Å². The SMILES string of the molecule is CCOC(=O)C1=C(C)Nc2ncnn2[C@H]1c1ccc([N+](=O)[O-])cc1. The van der Waals surface area contributed by atoms with Crippen LogP contribution >= 0.6 is 0 Å². The molecule has 9 nitrogen and oxygen atoms in total. The Balaban J connectivity index is 2.10. The molecule has 1 aliphatic heterocycles. The van der Waals surface area contributed by atoms with E-state index in [1.165, 1.54) is 18.5 Å². The number of benzene rings is 1. The Kier molecular flexibility index (Phi) is 3.98. The van der Waals surface area contributed by atoms with Crippen LogP contribution in [0.4, 0.5) is 11.6 Å². The molecule has 0 bridgehead atoms. The molecule has 0 saturated heterocycles. The summed E-state index contributed by atoms with van der Waals surface area (Å²) in [4.78, 5) is 26.9. The van der Waals surface area contributed by atoms with Gasteiger partial charge in [0.15, 0.2) is 0 Å². The molecule has 0 unspecified atom stereocenters. The molecule has 0 radical (unpaired) electrons. The first-order valence-electron chi connectivity index (χ1n) is 7.31. The highest BCUT2D eigenvalue weighted by molar-refractivity contribution is 5.92. The Morgan fingerprint density at radius 1 is 1.42 bits per heavy atom. The molecule has 0 amide bonds. The summed E-state index contributed by atoms with van der Waals surface area (Å²) in [6.07, 6.45) is 1.38. The van der Waals surface area contributed by atoms with Crippen LogP contribution in [0, 0.1) is 10.1 Å². The fraction of sp³-hybridized carbons (Fsp3) is 0.267. The fourth-order valence-electron chi connectivity index (χ4n) is 2.65. The van der Waals surface area contributed by atoms with Crippen LogP contribution in [0.5, 0.6) is 0 Å². The molecule has 124 valence electrons. The molecule has 1 aromatic heterocycles. The third kappa shape index (κ3) is 2.60. The summed E-state index contributed by atoms with van der Waals surface area (Å²) in [6.45, 7) is 3.72. The lowest BCUT2D eigenvalue weighted by atomic mass is 9.95. The van der Waals surface area contributed by atoms with Gasteiger partial charge in [-0.15, -0.1) is 0 Å². The van der Waals surface area contributed by atoms with Crippen molar-refractivity contribution in [2.24, 2.45) is 0 Å². The zero-order valence-electron chi connectivity index (χ0n) is 13.1. The van der Waals surface area contributed by atoms with Crippen LogP contribution in [0.3, 0.4) is 0 Å². The highest BCUT2D eigenvalue weighted by Gasteiger charge is 2.34. The number of carbonyl (C=O) groups is 1. The van der Waals surface area contributed by atoms with E-state index >= 15 is 0 Å². The van der Waals surface area contributed by atoms with Crippen molar-refractivity contribution < 1.29 is 14.5 Å². The predicted octanol–water partition coefficient (Wildman–Crippen LogP) is 2.04. The minimum absolute atomic E-state index is 0.0233. The normalized spacial score (nSPS) is 16.3. The topological polar surface area (TPSA) is 112 Å². The second kappa shape index (κ2) is 6.11. The van der Waals surface area contributed by atoms with Gasteiger partial charge in [0.2, 0.25) is 5.95 Å². The van der Waals surface area contributed by atoms with Crippen molar-refractivity contribution in [2.75, 3.05) is 11.9 Å². The van der Waals surface area contributed by atoms with Crippen molar-refractivity contribution in [3.8, 4) is 0 Å². The predicted molar refractivity (Wildman–Crippen MR) is 84.2 cm³/mol. The van der Waals surface area contributed by atoms with E-state index in [9.17, 15) is 14.9 Å². The number of hydrogen-bond donors (Lipinski definition) is 1. The first-order valence-corrected chi connectivity index (χ1v) is 7.31. The Labute approximate surface area is 137 Å². The third-order valence-electron chi connectivity index (χ3n) is 3.71. The maximum Gasteiger partial charge on any atom is 0.338 e. The quantitative estimate of drug-likeness (QED) is 0.519. The van der Waals surface area contributed by atoms with Crippen LogP contribution < -0.4 is 5.32 Å². The zero-order valence-corrected chi connectivity index (χ0v) is 13.1. The van der Waals surface area contributed by atoms with Gasteiger partial charge in [-0.2, -0.15) is 10.1 Å². The summed E-state index contributed by atoms with van der Waals surface area (Å²) in [7, 11) is 0. The average Bonchev–Trinajstić information content (AvgIpc) is 3.01. The van der Waals surface area contributed by atoms with Crippen molar-refractivity contribution >= 4 is 17.6 Å². The summed E-state index contributed by atoms with van der Waals surface area (Å²) in [6, 6.07) is 5.43. The summed E-state index contributed by atoms with van der Waals surface area (Å²) < 4.78 is 6.71. The molecule has 1 atom stereocenters. The molecule has 1 aromatic carbocycles. The molecular formula is C15H15N5O4. The lowest BCUT2D eigenvalue weighted by Crippen LogP contribution is -2.29. The van der Waals surface area contributed by atoms with E-state index in [4.69, 9.17) is 4.74 Å². The number of fused-ring (bicyclic) bond motifs is 1. The Hall–Kier alpha value is -3.23. The number of nitrogens with one attached hydrogen (secondary N) is 1. The van der Waals surface area contributed by atoms with Gasteiger partial charge in [-0.05, 0) is 31.5 Å². The second-order valence-electron chi connectivity index (χ2n) is 5.16. The van der Waals surface area contributed by atoms with Crippen molar-refractivity contribution in [3.63, 3.8) is 0 Å². The fourth-order valence-corrected chi connectivity index (χ4v) is 2.65. The third-order valence-corrected chi connectivity index (χ3v) is 3.71. The van der Waals surface area contributed by atoms with Crippen LogP contribution in [0.25, 0.3) is 0 Å². The lowest BCUT2D eigenvalue weighted by Gasteiger charge is -2.28. The molecule has 1 aliphatic rings. The van der Waals surface area contributed by atoms with Gasteiger partial charge in [0, 0.05) is 17.8 Å². The van der Waals surface area contributed by atoms with Crippen molar-refractivity contribution in [1.82, 2.24) is 14.8 Å². The van der Waals surface area contributed by atoms with Gasteiger partial charge in [0.1, 0.15) is 12.4 Å². The number of non-ortho nitro benzene ring substituents is 1. The number of allylic oxidation sites excluding steroid dienone is 1. The number of esters is 1. The monoisotopic (exact) mass is 329 g/mol. The van der Waals surface area contributed by atoms with Gasteiger partial charge >= 0.3 is 5.97 Å². The van der Waals surface area contributed by atoms with E-state index in [1.807, 2.05) is 0 Å². The number of anilines is 1. The lowest BCUT2D eigenvalue weighted by molar-refractivity contribution is -0.384. The minimum Gasteiger partial charge on any atom is -0.463 e. The van der Waals surface area contributed by atoms with Gasteiger partial charge in [0.05, 0.1) is 17.1 Å². The maximum absolute atomic E-state index is 12.4. The van der Waals surface area contributed by atoms with Crippen molar-refractivity contribution in [2.45, 2.75) is 19.9 Å². The van der Waals surface area contributed by atoms with E-state index in [0.717, 1.165) is 0 Å². The summed E-state index contributed by atoms with van der Waals surface area (Å²) in [5, 5.41) is 18.0. The van der Waals surface area contributed by atoms with Crippen LogP contribution in [-0.2, 0) is 9.53 Å². The number of carbonyl (C=O) groups excluding carboxylic acids is 1. The molecule has 9 heteroatoms. The van der Waals surface area contributed by atoms with E-state index in [-0.39, 0.29) is 12.3 Å². The van der Waals surface area contributed by atoms with Crippen LogP contribution in [-0.4, -0.2) is 32.3 Å². The maximum atomic E-state index is 12.4. The number of aromatic nitrogens is 3. The molecule has 0 fully saturated rings. The second-order valence-corrected chi connectivity index (χ2v) is 5.16. The molecular weight excluding hydrogens is 314 g/mol. The van der Waals surface area contributed by atoms with Gasteiger partial charge < -0.3 is 10.1 Å². The Bertz CT molecular complexity index is 825. The van der Waals surface area contributed by atoms with Gasteiger partial charge in [-0.3, -0.25) is 10.1 Å². The molecule has 0 aliphatic carbocycles. The van der Waals surface area contributed by atoms with Crippen molar-refractivity contribution in [3.05, 3.63) is 57.5 Å². The number of hydrogen-bond acceptors (Lipinski definition) is 7. The Morgan fingerprint density at radius 2 is 2.12 bits per heavy atom. The van der Waals surface area contributed by atoms with Crippen LogP contribution in [0.15, 0.2) is 41.9 Å². The molecule has 2 heterocycles. The van der Waals surface area contributed by atoms with E-state index in [0.29, 0.717) is 22.8 Å². The van der Waals surface area contributed by atoms with Gasteiger partial charge in [-0.1, -0.05) is 0 Å². The first-order chi connectivity index (χ1) is 11.5. The molecule has 2 aromatic rings. The van der Waals surface area contributed by atoms with Crippen LogP contribution in [0.1, 0.15) is 25.5 Å². The molecule has 1 N–H and O–H groups in total. The van der Waals surface area contributed by atoms with Gasteiger partial charge in [-0.25, -0.2) is 9.48 Å². The largest absolute Gasteiger partial charge is 0.463 e. The average molecular weight is 329 g/mol. The smallest absolute Gasteiger partial charge is 0.338 e. The standard InChI is InChI=1S/C15H15N5O4/c1-3-24-14(21)12-9(2)18-15-16-8-17-19(15)13(12)10-4-6-11(7-5-10)20(22)23/h4-8,13H,3H2,1-2H3,(H,16,17,18)/t13-/m0/s1. The molecule has 0 spiro atoms. The number of nitro benzene ring substituents is 1. The first kappa shape index (κ1) is 15.7. The number of ether oxygens (including phenoxy) is 1. The summed E-state index contributed by atoms with van der Waals surface area (Å²) in [5.74, 6) is 0.0240. The molecule has 0 saturated carbocycles. The molecule has 24 heavy (non-hydrogen) atoms. The highest BCUT2D eigenvalue weighted by atomic mass is 16.6. The zero-order chi connectivity index (χ0) is 17.3. The van der Waals surface area contributed by atoms with Crippen molar-refractivity contribution in [1.29, 1.82) is 0 Å². The number of rotatable bonds is 4. The Morgan fingerprint density at radius 3 is 2.75 bits per heavy atom. The number of nitrogens with zero attached hydrogens (tertiary/aromatic N) is 4. The van der Waals surface area contributed by atoms with E-state index in [1.54, 1.807) is 30.7 Å².